The fourth-order valence-electron chi connectivity index (χ4n) is 3.23. The van der Waals surface area contributed by atoms with Crippen molar-refractivity contribution in [2.75, 3.05) is 6.54 Å². The first kappa shape index (κ1) is 23.4. The summed E-state index contributed by atoms with van der Waals surface area (Å²) in [4.78, 5) is 15.2. The summed E-state index contributed by atoms with van der Waals surface area (Å²) < 4.78 is 26.3. The Morgan fingerprint density at radius 2 is 1.90 bits per heavy atom. The summed E-state index contributed by atoms with van der Waals surface area (Å²) in [5, 5.41) is 17.5. The number of carboxylic acids is 1. The third-order valence-corrected chi connectivity index (χ3v) is 6.41. The van der Waals surface area contributed by atoms with Crippen LogP contribution in [-0.4, -0.2) is 35.6 Å². The molecule has 0 spiro atoms. The molecule has 164 valence electrons. The summed E-state index contributed by atoms with van der Waals surface area (Å²) in [6.07, 6.45) is 4.48. The number of rotatable bonds is 10. The van der Waals surface area contributed by atoms with Gasteiger partial charge in [-0.25, -0.2) is 18.5 Å². The Morgan fingerprint density at radius 1 is 1.16 bits per heavy atom. The average Bonchev–Trinajstić information content (AvgIpc) is 3.13. The van der Waals surface area contributed by atoms with Crippen molar-refractivity contribution in [1.82, 2.24) is 14.9 Å². The second kappa shape index (κ2) is 10.4. The van der Waals surface area contributed by atoms with Crippen molar-refractivity contribution in [2.45, 2.75) is 30.8 Å². The first-order chi connectivity index (χ1) is 14.7. The van der Waals surface area contributed by atoms with E-state index in [9.17, 15) is 13.2 Å². The monoisotopic (exact) mass is 554 g/mol. The number of nitrogens with two attached hydrogens (primary N) is 1. The maximum atomic E-state index is 11.8. The molecule has 3 aromatic rings. The van der Waals surface area contributed by atoms with Gasteiger partial charge in [0.25, 0.3) is 0 Å². The maximum absolute atomic E-state index is 11.8. The summed E-state index contributed by atoms with van der Waals surface area (Å²) in [5.74, 6) is -0.277. The van der Waals surface area contributed by atoms with E-state index >= 15 is 0 Å². The predicted molar refractivity (Wildman–Crippen MR) is 125 cm³/mol. The number of aliphatic carboxylic acids is 1. The molecule has 8 nitrogen and oxygen atoms in total. The number of primary sulfonamides is 1. The second-order valence-electron chi connectivity index (χ2n) is 7.07. The van der Waals surface area contributed by atoms with Gasteiger partial charge in [-0.2, -0.15) is 0 Å². The highest BCUT2D eigenvalue weighted by Gasteiger charge is 2.13. The highest BCUT2D eigenvalue weighted by molar-refractivity contribution is 14.1. The zero-order chi connectivity index (χ0) is 22.4. The number of benzene rings is 2. The topological polar surface area (TPSA) is 127 Å². The van der Waals surface area contributed by atoms with Crippen LogP contribution in [-0.2, 0) is 40.7 Å². The smallest absolute Gasteiger partial charge is 0.323 e. The highest BCUT2D eigenvalue weighted by Crippen LogP contribution is 2.20. The van der Waals surface area contributed by atoms with E-state index < -0.39 is 16.0 Å². The molecule has 2 aromatic carbocycles. The van der Waals surface area contributed by atoms with Gasteiger partial charge in [0.2, 0.25) is 10.0 Å². The number of hydrogen-bond donors (Lipinski definition) is 3. The number of carboxylic acid groups (broad SMARTS) is 1. The van der Waals surface area contributed by atoms with E-state index in [-0.39, 0.29) is 11.4 Å². The summed E-state index contributed by atoms with van der Waals surface area (Å²) in [6.45, 7) is 0.919. The van der Waals surface area contributed by atoms with E-state index in [1.54, 1.807) is 29.1 Å². The van der Waals surface area contributed by atoms with Crippen LogP contribution < -0.4 is 10.5 Å². The molecule has 4 N–H and O–H groups in total. The molecule has 0 aliphatic carbocycles. The fourth-order valence-corrected chi connectivity index (χ4v) is 4.15. The van der Waals surface area contributed by atoms with Gasteiger partial charge in [-0.3, -0.25) is 4.79 Å². The molecular formula is C21H23IN4O4S. The Hall–Kier alpha value is -2.28. The molecule has 10 heteroatoms. The highest BCUT2D eigenvalue weighted by atomic mass is 127. The van der Waals surface area contributed by atoms with Crippen molar-refractivity contribution >= 4 is 38.6 Å². The lowest BCUT2D eigenvalue weighted by molar-refractivity contribution is -0.137. The Balaban J connectivity index is 1.70. The quantitative estimate of drug-likeness (QED) is 0.261. The number of hydrogen-bond acceptors (Lipinski definition) is 5. The summed E-state index contributed by atoms with van der Waals surface area (Å²) in [7, 11) is -3.79. The van der Waals surface area contributed by atoms with Crippen LogP contribution in [0.4, 0.5) is 0 Å². The van der Waals surface area contributed by atoms with Crippen LogP contribution in [0.25, 0.3) is 0 Å². The van der Waals surface area contributed by atoms with E-state index in [0.29, 0.717) is 31.8 Å². The summed E-state index contributed by atoms with van der Waals surface area (Å²) in [5.41, 5.74) is 3.01. The zero-order valence-corrected chi connectivity index (χ0v) is 19.6. The molecule has 0 saturated heterocycles. The molecule has 0 aliphatic heterocycles. The normalized spacial score (nSPS) is 11.5. The number of halogens is 1. The molecule has 0 unspecified atom stereocenters. The van der Waals surface area contributed by atoms with Gasteiger partial charge >= 0.3 is 5.97 Å². The van der Waals surface area contributed by atoms with Crippen molar-refractivity contribution < 1.29 is 18.3 Å². The molecule has 31 heavy (non-hydrogen) atoms. The van der Waals surface area contributed by atoms with Crippen LogP contribution in [0.3, 0.4) is 0 Å². The third-order valence-electron chi connectivity index (χ3n) is 4.78. The van der Waals surface area contributed by atoms with Crippen molar-refractivity contribution in [3.05, 3.63) is 80.9 Å². The molecule has 0 aliphatic rings. The molecule has 0 amide bonds. The number of imidazole rings is 1. The lowest BCUT2D eigenvalue weighted by atomic mass is 9.98. The molecule has 1 heterocycles. The van der Waals surface area contributed by atoms with Gasteiger partial charge in [0.15, 0.2) is 0 Å². The van der Waals surface area contributed by atoms with Crippen molar-refractivity contribution in [3.63, 3.8) is 0 Å². The number of aromatic nitrogens is 2. The fraction of sp³-hybridized carbons (Fsp3) is 0.238. The van der Waals surface area contributed by atoms with Gasteiger partial charge in [0, 0.05) is 16.0 Å². The summed E-state index contributed by atoms with van der Waals surface area (Å²) in [6, 6.07) is 13.0. The van der Waals surface area contributed by atoms with Crippen molar-refractivity contribution in [2.24, 2.45) is 5.14 Å². The average molecular weight is 554 g/mol. The third kappa shape index (κ3) is 6.86. The number of nitrogens with zero attached hydrogens (tertiary/aromatic N) is 2. The standard InChI is InChI=1S/C21H23IN4O4S/c22-18-4-1-15(2-5-18)11-17-12-19(31(23,29)30)6-3-16(17)7-8-24-13-20-25-9-10-26(20)14-21(27)28/h1-6,9-10,12,24H,7-8,11,13-14H2,(H,27,28)(H2,23,29,30). The lowest BCUT2D eigenvalue weighted by Gasteiger charge is -2.13. The van der Waals surface area contributed by atoms with Crippen LogP contribution in [0.1, 0.15) is 22.5 Å². The maximum Gasteiger partial charge on any atom is 0.323 e. The lowest BCUT2D eigenvalue weighted by Crippen LogP contribution is -2.21. The Labute approximate surface area is 194 Å². The van der Waals surface area contributed by atoms with Crippen LogP contribution in [0.2, 0.25) is 0 Å². The largest absolute Gasteiger partial charge is 0.480 e. The molecule has 0 fully saturated rings. The molecule has 0 bridgehead atoms. The van der Waals surface area contributed by atoms with Gasteiger partial charge in [0.1, 0.15) is 12.4 Å². The van der Waals surface area contributed by atoms with Crippen molar-refractivity contribution in [3.8, 4) is 0 Å². The van der Waals surface area contributed by atoms with Crippen molar-refractivity contribution in [1.29, 1.82) is 0 Å². The number of nitrogens with one attached hydrogen (secondary N) is 1. The van der Waals surface area contributed by atoms with Gasteiger partial charge < -0.3 is 15.0 Å². The first-order valence-corrected chi connectivity index (χ1v) is 12.2. The van der Waals surface area contributed by atoms with E-state index in [4.69, 9.17) is 10.2 Å². The minimum atomic E-state index is -3.79. The molecule has 3 rings (SSSR count). The Morgan fingerprint density at radius 3 is 2.58 bits per heavy atom. The predicted octanol–water partition coefficient (Wildman–Crippen LogP) is 2.14. The SMILES string of the molecule is NS(=O)(=O)c1ccc(CCNCc2nccn2CC(=O)O)c(Cc2ccc(I)cc2)c1. The minimum absolute atomic E-state index is 0.0976. The molecule has 0 radical (unpaired) electrons. The number of sulfonamides is 1. The van der Waals surface area contributed by atoms with E-state index in [1.165, 1.54) is 6.07 Å². The van der Waals surface area contributed by atoms with E-state index in [1.807, 2.05) is 24.3 Å². The molecule has 0 saturated carbocycles. The first-order valence-electron chi connectivity index (χ1n) is 9.54. The van der Waals surface area contributed by atoms with Crippen LogP contribution in [0, 0.1) is 3.57 Å². The van der Waals surface area contributed by atoms with Gasteiger partial charge in [-0.15, -0.1) is 0 Å². The van der Waals surface area contributed by atoms with E-state index in [0.717, 1.165) is 20.3 Å². The van der Waals surface area contributed by atoms with E-state index in [2.05, 4.69) is 32.9 Å². The Bertz CT molecular complexity index is 1160. The minimum Gasteiger partial charge on any atom is -0.480 e. The van der Waals surface area contributed by atoms with Gasteiger partial charge in [0.05, 0.1) is 11.4 Å². The van der Waals surface area contributed by atoms with Crippen LogP contribution in [0.5, 0.6) is 0 Å². The number of carbonyl (C=O) groups is 1. The van der Waals surface area contributed by atoms with Gasteiger partial charge in [-0.1, -0.05) is 18.2 Å². The second-order valence-corrected chi connectivity index (χ2v) is 9.88. The summed E-state index contributed by atoms with van der Waals surface area (Å²) >= 11 is 2.24. The van der Waals surface area contributed by atoms with Gasteiger partial charge in [-0.05, 0) is 82.9 Å². The molecular weight excluding hydrogens is 531 g/mol. The molecule has 1 aromatic heterocycles. The van der Waals surface area contributed by atoms with Crippen LogP contribution in [0.15, 0.2) is 59.8 Å². The zero-order valence-electron chi connectivity index (χ0n) is 16.7. The molecule has 0 atom stereocenters. The van der Waals surface area contributed by atoms with Crippen LogP contribution >= 0.6 is 22.6 Å². The Kier molecular flexibility index (Phi) is 7.81.